The fourth-order valence-corrected chi connectivity index (χ4v) is 0. The van der Waals surface area contributed by atoms with Gasteiger partial charge in [0.25, 0.3) is 42.1 Å². The number of hydrogen-bond acceptors (Lipinski definition) is 8. The van der Waals surface area contributed by atoms with E-state index in [-0.39, 0.29) is 32.7 Å². The van der Waals surface area contributed by atoms with E-state index in [0.29, 0.717) is 0 Å². The summed E-state index contributed by atoms with van der Waals surface area (Å²) in [5, 5.41) is 0. The van der Waals surface area contributed by atoms with Gasteiger partial charge in [-0.3, -0.25) is 0 Å². The van der Waals surface area contributed by atoms with Crippen LogP contribution in [0.5, 0.6) is 0 Å². The molecule has 0 aromatic carbocycles. The van der Waals surface area contributed by atoms with Crippen LogP contribution in [-0.4, -0.2) is 11.0 Å². The van der Waals surface area contributed by atoms with E-state index >= 15 is 0 Å². The van der Waals surface area contributed by atoms with Crippen molar-refractivity contribution in [1.82, 2.24) is 0 Å². The molecule has 0 aromatic heterocycles. The molecule has 0 amide bonds. The van der Waals surface area contributed by atoms with Gasteiger partial charge in [-0.15, -0.1) is 0 Å². The Morgan fingerprint density at radius 2 is 0.545 bits per heavy atom. The summed E-state index contributed by atoms with van der Waals surface area (Å²) in [6.07, 6.45) is 0. The second-order valence-corrected chi connectivity index (χ2v) is 2.54. The summed E-state index contributed by atoms with van der Waals surface area (Å²) in [4.78, 5) is 0. The molecule has 0 radical (unpaired) electrons. The maximum atomic E-state index is 8.57. The van der Waals surface area contributed by atoms with Crippen molar-refractivity contribution in [3.63, 3.8) is 0 Å². The summed E-state index contributed by atoms with van der Waals surface area (Å²) >= 11 is -8.03. The molecule has 0 fully saturated rings. The first-order valence-electron chi connectivity index (χ1n) is 0.926. The van der Waals surface area contributed by atoms with Crippen LogP contribution in [0.25, 0.3) is 0 Å². The molecule has 2 N–H and O–H groups in total. The molecule has 0 aliphatic rings. The second kappa shape index (κ2) is 22.6. The molecule has 68 valence electrons. The van der Waals surface area contributed by atoms with Crippen molar-refractivity contribution in [3.05, 3.63) is 0 Å². The maximum Gasteiger partial charge on any atom is 4.00 e. The zero-order valence-electron chi connectivity index (χ0n) is 4.60. The summed E-state index contributed by atoms with van der Waals surface area (Å²) < 4.78 is 51.4. The maximum absolute atomic E-state index is 8.57. The first-order valence-corrected chi connectivity index (χ1v) is 6.21. The van der Waals surface area contributed by atoms with E-state index in [9.17, 15) is 0 Å². The Labute approximate surface area is 94.4 Å². The van der Waals surface area contributed by atoms with Gasteiger partial charge in [0.2, 0.25) is 0 Å². The third-order valence-electron chi connectivity index (χ3n) is 0. The van der Waals surface area contributed by atoms with Crippen LogP contribution in [0.3, 0.4) is 0 Å². The molecule has 11 heavy (non-hydrogen) atoms. The minimum absolute atomic E-state index is 0. The van der Waals surface area contributed by atoms with Crippen LogP contribution in [0, 0.1) is 0 Å². The largest absolute Gasteiger partial charge is 4.00 e. The molecule has 0 aliphatic carbocycles. The zero-order chi connectivity index (χ0) is 7.15. The van der Waals surface area contributed by atoms with Crippen LogP contribution in [0.15, 0.2) is 0 Å². The van der Waals surface area contributed by atoms with E-state index in [4.69, 9.17) is 20.6 Å². The molecule has 0 unspecified atom stereocenters. The molecule has 0 aliphatic heterocycles. The summed E-state index contributed by atoms with van der Waals surface area (Å²) in [5.41, 5.74) is 0. The Morgan fingerprint density at radius 3 is 0.545 bits per heavy atom. The van der Waals surface area contributed by atoms with E-state index < -0.39 is 42.1 Å². The van der Waals surface area contributed by atoms with Crippen molar-refractivity contribution in [2.24, 2.45) is 0 Å². The Hall–Kier alpha value is 1.85. The van der Waals surface area contributed by atoms with Gasteiger partial charge in [-0.2, -0.15) is 0 Å². The molecule has 11 heteroatoms. The molecule has 0 saturated carbocycles. The van der Waals surface area contributed by atoms with Gasteiger partial charge in [0.1, 0.15) is 0 Å². The van der Waals surface area contributed by atoms with Crippen molar-refractivity contribution in [1.29, 1.82) is 0 Å². The second-order valence-electron chi connectivity index (χ2n) is 0.378. The van der Waals surface area contributed by atoms with Crippen molar-refractivity contribution in [3.8, 4) is 0 Å². The molecule has 0 spiro atoms. The first-order chi connectivity index (χ1) is 3.46. The first kappa shape index (κ1) is 29.3. The third-order valence-corrected chi connectivity index (χ3v) is 0. The molecule has 0 heterocycles. The molecular formula is H2I2O8Ti. The molecule has 0 saturated heterocycles. The molecular weight excluding hydrogens is 430 g/mol. The van der Waals surface area contributed by atoms with Crippen LogP contribution in [-0.2, 0) is 21.7 Å². The van der Waals surface area contributed by atoms with Crippen molar-refractivity contribution < 1.29 is 95.4 Å². The van der Waals surface area contributed by atoms with Crippen LogP contribution < -0.4 is 62.7 Å². The van der Waals surface area contributed by atoms with Gasteiger partial charge in [-0.05, 0) is 0 Å². The van der Waals surface area contributed by atoms with E-state index in [0.717, 1.165) is 0 Å². The molecule has 0 atom stereocenters. The third kappa shape index (κ3) is 335. The van der Waals surface area contributed by atoms with Crippen molar-refractivity contribution in [2.75, 3.05) is 0 Å². The summed E-state index contributed by atoms with van der Waals surface area (Å²) in [7, 11) is 0. The molecule has 0 rings (SSSR count). The Kier molecular flexibility index (Phi) is 60.3. The van der Waals surface area contributed by atoms with E-state index in [1.165, 1.54) is 0 Å². The van der Waals surface area contributed by atoms with Gasteiger partial charge in [0.05, 0.1) is 0 Å². The average Bonchev–Trinajstić information content (AvgIpc) is 1.25. The predicted octanol–water partition coefficient (Wildman–Crippen LogP) is -13.5. The predicted molar refractivity (Wildman–Crippen MR) is 3.87 cm³/mol. The molecule has 0 aromatic rings. The summed E-state index contributed by atoms with van der Waals surface area (Å²) in [6, 6.07) is 0. The fraction of sp³-hybridized carbons (Fsp3) is 0. The topological polar surface area (TPSA) is 198 Å². The van der Waals surface area contributed by atoms with Gasteiger partial charge < -0.3 is 31.6 Å². The quantitative estimate of drug-likeness (QED) is 0.266. The standard InChI is InChI=1S/2IO3.2H2O.Ti/c2*2-1(3)4;;;/h;;2*1H2;/q2*-1;;;+4/p-2. The van der Waals surface area contributed by atoms with E-state index in [1.807, 2.05) is 0 Å². The van der Waals surface area contributed by atoms with E-state index in [1.54, 1.807) is 0 Å². The van der Waals surface area contributed by atoms with E-state index in [2.05, 4.69) is 0 Å². The molecule has 8 nitrogen and oxygen atoms in total. The fourth-order valence-electron chi connectivity index (χ4n) is 0. The van der Waals surface area contributed by atoms with Crippen molar-refractivity contribution >= 4 is 0 Å². The molecule has 0 bridgehead atoms. The van der Waals surface area contributed by atoms with Gasteiger partial charge in [0, 0.05) is 0 Å². The van der Waals surface area contributed by atoms with Gasteiger partial charge in [-0.1, -0.05) is 0 Å². The normalized spacial score (nSPS) is 6.55. The van der Waals surface area contributed by atoms with Gasteiger partial charge >= 0.3 is 21.7 Å². The van der Waals surface area contributed by atoms with Crippen LogP contribution in [0.1, 0.15) is 0 Å². The number of halogens is 2. The number of hydrogen-bond donors (Lipinski definition) is 0. The summed E-state index contributed by atoms with van der Waals surface area (Å²) in [6.45, 7) is 0. The van der Waals surface area contributed by atoms with Crippen LogP contribution >= 0.6 is 0 Å². The summed E-state index contributed by atoms with van der Waals surface area (Å²) in [5.74, 6) is 0. The Balaban J connectivity index is -0.0000000171. The van der Waals surface area contributed by atoms with Crippen LogP contribution in [0.2, 0.25) is 0 Å². The average molecular weight is 432 g/mol. The van der Waals surface area contributed by atoms with Crippen LogP contribution in [0.4, 0.5) is 0 Å². The minimum atomic E-state index is -4.01. The SMILES string of the molecule is [O-][I+2]([O-])[O-].[O-][I+2]([O-])[O-].[OH-].[OH-].[Ti+4]. The smallest absolute Gasteiger partial charge is 0.870 e. The monoisotopic (exact) mass is 432 g/mol. The van der Waals surface area contributed by atoms with Gasteiger partial charge in [0.15, 0.2) is 0 Å². The Bertz CT molecular complexity index is 27.6. The van der Waals surface area contributed by atoms with Gasteiger partial charge in [-0.25, -0.2) is 0 Å². The Morgan fingerprint density at radius 1 is 0.545 bits per heavy atom. The zero-order valence-corrected chi connectivity index (χ0v) is 10.5. The number of rotatable bonds is 0. The minimum Gasteiger partial charge on any atom is -0.870 e. The van der Waals surface area contributed by atoms with Crippen molar-refractivity contribution in [2.45, 2.75) is 0 Å².